The van der Waals surface area contributed by atoms with Crippen molar-refractivity contribution in [3.8, 4) is 11.3 Å². The summed E-state index contributed by atoms with van der Waals surface area (Å²) in [6, 6.07) is 9.82. The average molecular weight is 402 g/mol. The summed E-state index contributed by atoms with van der Waals surface area (Å²) >= 11 is 0. The van der Waals surface area contributed by atoms with Gasteiger partial charge in [0.25, 0.3) is 11.8 Å². The molecule has 3 aliphatic carbocycles. The molecule has 2 heterocycles. The van der Waals surface area contributed by atoms with Crippen LogP contribution in [0.5, 0.6) is 0 Å². The molecule has 1 aromatic heterocycles. The molecule has 4 atom stereocenters. The molecule has 4 aliphatic rings. The van der Waals surface area contributed by atoms with Gasteiger partial charge in [0.2, 0.25) is 0 Å². The van der Waals surface area contributed by atoms with Crippen LogP contribution in [0.15, 0.2) is 58.1 Å². The van der Waals surface area contributed by atoms with E-state index in [2.05, 4.69) is 17.3 Å². The number of carbonyl (C=O) groups excluding carboxylic acids is 2. The van der Waals surface area contributed by atoms with Crippen molar-refractivity contribution >= 4 is 24.0 Å². The molecule has 1 aromatic carbocycles. The minimum absolute atomic E-state index is 0.130. The normalized spacial score (nSPS) is 30.1. The van der Waals surface area contributed by atoms with Gasteiger partial charge in [-0.2, -0.15) is 10.1 Å². The van der Waals surface area contributed by atoms with E-state index in [4.69, 9.17) is 4.42 Å². The minimum Gasteiger partial charge on any atom is -0.478 e. The predicted octanol–water partition coefficient (Wildman–Crippen LogP) is 3.18. The monoisotopic (exact) mass is 402 g/mol. The van der Waals surface area contributed by atoms with Gasteiger partial charge in [-0.25, -0.2) is 4.79 Å². The lowest BCUT2D eigenvalue weighted by Gasteiger charge is -2.18. The van der Waals surface area contributed by atoms with Crippen LogP contribution in [0.25, 0.3) is 11.3 Å². The van der Waals surface area contributed by atoms with E-state index >= 15 is 0 Å². The van der Waals surface area contributed by atoms with Gasteiger partial charge in [-0.1, -0.05) is 30.4 Å². The van der Waals surface area contributed by atoms with E-state index in [1.54, 1.807) is 30.3 Å². The highest BCUT2D eigenvalue weighted by Crippen LogP contribution is 2.73. The third-order valence-electron chi connectivity index (χ3n) is 7.18. The van der Waals surface area contributed by atoms with Crippen molar-refractivity contribution in [2.24, 2.45) is 34.2 Å². The molecule has 0 unspecified atom stereocenters. The molecule has 1 saturated heterocycles. The molecule has 2 bridgehead atoms. The summed E-state index contributed by atoms with van der Waals surface area (Å²) in [5.41, 5.74) is 0.735. The van der Waals surface area contributed by atoms with Crippen LogP contribution in [-0.4, -0.2) is 34.1 Å². The van der Waals surface area contributed by atoms with Crippen molar-refractivity contribution in [3.63, 3.8) is 0 Å². The molecule has 2 amide bonds. The molecule has 6 rings (SSSR count). The smallest absolute Gasteiger partial charge is 0.336 e. The van der Waals surface area contributed by atoms with Gasteiger partial charge in [-0.3, -0.25) is 9.59 Å². The van der Waals surface area contributed by atoms with Crippen LogP contribution in [0.3, 0.4) is 0 Å². The molecule has 0 radical (unpaired) electrons. The zero-order valence-corrected chi connectivity index (χ0v) is 15.9. The van der Waals surface area contributed by atoms with Crippen LogP contribution < -0.4 is 0 Å². The van der Waals surface area contributed by atoms with Gasteiger partial charge in [0.1, 0.15) is 11.5 Å². The Bertz CT molecular complexity index is 1140. The molecule has 7 nitrogen and oxygen atoms in total. The summed E-state index contributed by atoms with van der Waals surface area (Å²) in [5, 5.41) is 14.5. The SMILES string of the molecule is O=C(O)c1ccccc1-c1ccc(/C=N\N2C(=O)[C@@H]3[C@@H](C2=O)[C@H]2C=C[C@H]3C23CC3)o1. The topological polar surface area (TPSA) is 100 Å². The number of aromatic carboxylic acids is 1. The van der Waals surface area contributed by atoms with E-state index in [1.807, 2.05) is 0 Å². The molecular formula is C23H18N2O5. The summed E-state index contributed by atoms with van der Waals surface area (Å²) in [5.74, 6) is -1.05. The average Bonchev–Trinajstić information content (AvgIpc) is 3.03. The fourth-order valence-electron chi connectivity index (χ4n) is 5.74. The van der Waals surface area contributed by atoms with Crippen LogP contribution in [0.1, 0.15) is 29.0 Å². The van der Waals surface area contributed by atoms with E-state index in [1.165, 1.54) is 12.3 Å². The first-order valence-electron chi connectivity index (χ1n) is 10.0. The molecular weight excluding hydrogens is 384 g/mol. The van der Waals surface area contributed by atoms with Gasteiger partial charge >= 0.3 is 5.97 Å². The van der Waals surface area contributed by atoms with Gasteiger partial charge in [0, 0.05) is 5.56 Å². The van der Waals surface area contributed by atoms with Crippen molar-refractivity contribution < 1.29 is 23.9 Å². The molecule has 1 aliphatic heterocycles. The highest BCUT2D eigenvalue weighted by Gasteiger charge is 2.73. The first-order chi connectivity index (χ1) is 14.5. The zero-order chi connectivity index (χ0) is 20.6. The molecule has 30 heavy (non-hydrogen) atoms. The number of fused-ring (bicyclic) bond motifs is 3. The molecule has 1 N–H and O–H groups in total. The number of hydrogen-bond acceptors (Lipinski definition) is 5. The number of carboxylic acid groups (broad SMARTS) is 1. The number of rotatable bonds is 4. The van der Waals surface area contributed by atoms with Gasteiger partial charge in [-0.15, -0.1) is 0 Å². The number of carboxylic acids is 1. The Morgan fingerprint density at radius 1 is 1.07 bits per heavy atom. The summed E-state index contributed by atoms with van der Waals surface area (Å²) in [6.07, 6.45) is 7.77. The highest BCUT2D eigenvalue weighted by atomic mass is 16.4. The molecule has 3 fully saturated rings. The van der Waals surface area contributed by atoms with Crippen LogP contribution in [0.2, 0.25) is 0 Å². The van der Waals surface area contributed by atoms with Gasteiger partial charge in [-0.05, 0) is 48.3 Å². The van der Waals surface area contributed by atoms with Gasteiger partial charge < -0.3 is 9.52 Å². The van der Waals surface area contributed by atoms with Gasteiger partial charge in [0.05, 0.1) is 23.6 Å². The predicted molar refractivity (Wildman–Crippen MR) is 105 cm³/mol. The second-order valence-electron chi connectivity index (χ2n) is 8.51. The summed E-state index contributed by atoms with van der Waals surface area (Å²) in [4.78, 5) is 37.3. The van der Waals surface area contributed by atoms with Crippen LogP contribution in [0, 0.1) is 29.1 Å². The lowest BCUT2D eigenvalue weighted by atomic mass is 9.85. The third-order valence-corrected chi connectivity index (χ3v) is 7.18. The number of imide groups is 1. The minimum atomic E-state index is -1.05. The Morgan fingerprint density at radius 3 is 2.37 bits per heavy atom. The number of hydrogen-bond donors (Lipinski definition) is 1. The van der Waals surface area contributed by atoms with E-state index < -0.39 is 5.97 Å². The quantitative estimate of drug-likeness (QED) is 0.481. The lowest BCUT2D eigenvalue weighted by molar-refractivity contribution is -0.141. The third kappa shape index (κ3) is 2.15. The van der Waals surface area contributed by atoms with Crippen LogP contribution in [0.4, 0.5) is 0 Å². The maximum atomic E-state index is 12.9. The van der Waals surface area contributed by atoms with E-state index in [0.717, 1.165) is 17.9 Å². The standard InChI is InChI=1S/C23H18N2O5/c26-20-18-15-6-7-16(23(15)9-10-23)19(18)21(27)25(20)24-11-12-5-8-17(30-12)13-3-1-2-4-14(13)22(28)29/h1-8,11,15-16,18-19H,9-10H2,(H,28,29)/b24-11-/t15-,16-,18+,19+/m1/s1. The number of benzene rings is 1. The molecule has 7 heteroatoms. The number of nitrogens with zero attached hydrogens (tertiary/aromatic N) is 2. The number of hydrazone groups is 1. The Hall–Kier alpha value is -3.48. The van der Waals surface area contributed by atoms with Crippen molar-refractivity contribution in [3.05, 3.63) is 59.9 Å². The van der Waals surface area contributed by atoms with Crippen molar-refractivity contribution in [2.45, 2.75) is 12.8 Å². The van der Waals surface area contributed by atoms with E-state index in [-0.39, 0.29) is 46.5 Å². The maximum Gasteiger partial charge on any atom is 0.336 e. The molecule has 150 valence electrons. The molecule has 2 saturated carbocycles. The molecule has 1 spiro atoms. The first kappa shape index (κ1) is 17.4. The van der Waals surface area contributed by atoms with Crippen molar-refractivity contribution in [1.82, 2.24) is 5.01 Å². The van der Waals surface area contributed by atoms with E-state index in [9.17, 15) is 19.5 Å². The second-order valence-corrected chi connectivity index (χ2v) is 8.51. The summed E-state index contributed by atoms with van der Waals surface area (Å²) in [6.45, 7) is 0. The first-order valence-corrected chi connectivity index (χ1v) is 10.0. The van der Waals surface area contributed by atoms with Gasteiger partial charge in [0.15, 0.2) is 0 Å². The Morgan fingerprint density at radius 2 is 1.73 bits per heavy atom. The van der Waals surface area contributed by atoms with Crippen LogP contribution in [-0.2, 0) is 9.59 Å². The Balaban J connectivity index is 1.25. The Kier molecular flexibility index (Phi) is 3.35. The fraction of sp³-hybridized carbons (Fsp3) is 0.304. The zero-order valence-electron chi connectivity index (χ0n) is 15.9. The largest absolute Gasteiger partial charge is 0.478 e. The fourth-order valence-corrected chi connectivity index (χ4v) is 5.74. The summed E-state index contributed by atoms with van der Waals surface area (Å²) in [7, 11) is 0. The highest BCUT2D eigenvalue weighted by molar-refractivity contribution is 6.07. The molecule has 2 aromatic rings. The number of amides is 2. The Labute approximate surface area is 171 Å². The lowest BCUT2D eigenvalue weighted by Crippen LogP contribution is -2.30. The summed E-state index contributed by atoms with van der Waals surface area (Å²) < 4.78 is 5.71. The number of furan rings is 1. The van der Waals surface area contributed by atoms with Crippen LogP contribution >= 0.6 is 0 Å². The van der Waals surface area contributed by atoms with Crippen molar-refractivity contribution in [2.75, 3.05) is 0 Å². The van der Waals surface area contributed by atoms with E-state index in [0.29, 0.717) is 17.1 Å². The number of carbonyl (C=O) groups is 3. The maximum absolute atomic E-state index is 12.9. The van der Waals surface area contributed by atoms with Crippen molar-refractivity contribution in [1.29, 1.82) is 0 Å². The number of allylic oxidation sites excluding steroid dienone is 2. The second kappa shape index (κ2) is 5.78.